The molecule has 1 fully saturated rings. The van der Waals surface area contributed by atoms with Crippen LogP contribution in [0.1, 0.15) is 19.8 Å². The first-order valence-corrected chi connectivity index (χ1v) is 6.40. The smallest absolute Gasteiger partial charge is 0.0818 e. The molecule has 1 aliphatic rings. The summed E-state index contributed by atoms with van der Waals surface area (Å²) in [5.41, 5.74) is 0. The third-order valence-electron chi connectivity index (χ3n) is 2.36. The van der Waals surface area contributed by atoms with Gasteiger partial charge in [0.05, 0.1) is 12.7 Å². The van der Waals surface area contributed by atoms with Crippen molar-refractivity contribution in [3.05, 3.63) is 0 Å². The van der Waals surface area contributed by atoms with Crippen molar-refractivity contribution < 1.29 is 4.74 Å². The molecule has 0 bridgehead atoms. The molecular formula is C11H19NOS. The van der Waals surface area contributed by atoms with E-state index in [2.05, 4.69) is 18.2 Å². The maximum Gasteiger partial charge on any atom is 0.0818 e. The van der Waals surface area contributed by atoms with Crippen LogP contribution < -0.4 is 5.32 Å². The van der Waals surface area contributed by atoms with E-state index in [4.69, 9.17) is 11.2 Å². The fourth-order valence-corrected chi connectivity index (χ4v) is 2.60. The summed E-state index contributed by atoms with van der Waals surface area (Å²) in [5.74, 6) is 4.92. The maximum atomic E-state index is 5.74. The standard InChI is InChI=1S/C11H19NOS/c1-3-5-6-10(12-4-2)11-9-14-8-7-13-11/h1,10-12H,4-9H2,2H3. The van der Waals surface area contributed by atoms with E-state index in [9.17, 15) is 0 Å². The van der Waals surface area contributed by atoms with Gasteiger partial charge in [-0.15, -0.1) is 12.3 Å². The highest BCUT2D eigenvalue weighted by Crippen LogP contribution is 2.17. The van der Waals surface area contributed by atoms with E-state index >= 15 is 0 Å². The monoisotopic (exact) mass is 213 g/mol. The summed E-state index contributed by atoms with van der Waals surface area (Å²) < 4.78 is 5.74. The number of terminal acetylenes is 1. The van der Waals surface area contributed by atoms with Crippen molar-refractivity contribution in [3.63, 3.8) is 0 Å². The first kappa shape index (κ1) is 11.9. The third-order valence-corrected chi connectivity index (χ3v) is 3.38. The number of hydrogen-bond acceptors (Lipinski definition) is 3. The van der Waals surface area contributed by atoms with Gasteiger partial charge in [-0.2, -0.15) is 11.8 Å². The molecule has 80 valence electrons. The maximum absolute atomic E-state index is 5.74. The van der Waals surface area contributed by atoms with E-state index in [1.54, 1.807) is 0 Å². The molecule has 0 aromatic carbocycles. The largest absolute Gasteiger partial charge is 0.375 e. The molecule has 0 aromatic heterocycles. The Bertz CT molecular complexity index is 184. The van der Waals surface area contributed by atoms with Crippen molar-refractivity contribution in [2.45, 2.75) is 31.9 Å². The Morgan fingerprint density at radius 1 is 1.71 bits per heavy atom. The Kier molecular flexibility index (Phi) is 6.09. The van der Waals surface area contributed by atoms with Crippen molar-refractivity contribution >= 4 is 11.8 Å². The van der Waals surface area contributed by atoms with Crippen LogP contribution in [-0.4, -0.2) is 36.8 Å². The second-order valence-electron chi connectivity index (χ2n) is 3.39. The average molecular weight is 213 g/mol. The zero-order chi connectivity index (χ0) is 10.2. The molecule has 1 N–H and O–H groups in total. The first-order chi connectivity index (χ1) is 6.88. The molecule has 3 heteroatoms. The van der Waals surface area contributed by atoms with Gasteiger partial charge in [-0.25, -0.2) is 0 Å². The Balaban J connectivity index is 2.35. The number of nitrogens with one attached hydrogen (secondary N) is 1. The van der Waals surface area contributed by atoms with E-state index in [-0.39, 0.29) is 0 Å². The zero-order valence-corrected chi connectivity index (χ0v) is 9.61. The lowest BCUT2D eigenvalue weighted by molar-refractivity contribution is 0.0456. The quantitative estimate of drug-likeness (QED) is 0.700. The van der Waals surface area contributed by atoms with E-state index in [0.29, 0.717) is 12.1 Å². The molecule has 1 saturated heterocycles. The Labute approximate surface area is 91.2 Å². The summed E-state index contributed by atoms with van der Waals surface area (Å²) in [6.07, 6.45) is 7.49. The second-order valence-corrected chi connectivity index (χ2v) is 4.54. The van der Waals surface area contributed by atoms with Gasteiger partial charge in [-0.3, -0.25) is 0 Å². The molecule has 1 heterocycles. The summed E-state index contributed by atoms with van der Waals surface area (Å²) >= 11 is 1.97. The minimum Gasteiger partial charge on any atom is -0.375 e. The molecule has 1 rings (SSSR count). The lowest BCUT2D eigenvalue weighted by atomic mass is 10.1. The molecule has 14 heavy (non-hydrogen) atoms. The highest BCUT2D eigenvalue weighted by molar-refractivity contribution is 7.99. The van der Waals surface area contributed by atoms with Crippen LogP contribution in [0.15, 0.2) is 0 Å². The molecule has 0 saturated carbocycles. The molecule has 0 aromatic rings. The number of rotatable bonds is 5. The highest BCUT2D eigenvalue weighted by atomic mass is 32.2. The van der Waals surface area contributed by atoms with Crippen LogP contribution in [0.4, 0.5) is 0 Å². The molecular weight excluding hydrogens is 194 g/mol. The third kappa shape index (κ3) is 3.91. The lowest BCUT2D eigenvalue weighted by Crippen LogP contribution is -2.44. The van der Waals surface area contributed by atoms with Gasteiger partial charge in [0.25, 0.3) is 0 Å². The molecule has 1 aliphatic heterocycles. The Morgan fingerprint density at radius 3 is 3.14 bits per heavy atom. The summed E-state index contributed by atoms with van der Waals surface area (Å²) in [4.78, 5) is 0. The van der Waals surface area contributed by atoms with Crippen LogP contribution in [-0.2, 0) is 4.74 Å². The molecule has 2 atom stereocenters. The molecule has 0 spiro atoms. The van der Waals surface area contributed by atoms with Crippen molar-refractivity contribution in [3.8, 4) is 12.3 Å². The van der Waals surface area contributed by atoms with Crippen LogP contribution in [0.25, 0.3) is 0 Å². The van der Waals surface area contributed by atoms with Gasteiger partial charge < -0.3 is 10.1 Å². The molecule has 2 unspecified atom stereocenters. The first-order valence-electron chi connectivity index (χ1n) is 5.24. The van der Waals surface area contributed by atoms with Crippen molar-refractivity contribution in [2.24, 2.45) is 0 Å². The van der Waals surface area contributed by atoms with Gasteiger partial charge in [-0.1, -0.05) is 6.92 Å². The number of ether oxygens (including phenoxy) is 1. The predicted octanol–water partition coefficient (Wildman–Crippen LogP) is 1.51. The summed E-state index contributed by atoms with van der Waals surface area (Å²) in [6.45, 7) is 3.99. The van der Waals surface area contributed by atoms with E-state index in [1.807, 2.05) is 11.8 Å². The van der Waals surface area contributed by atoms with Crippen LogP contribution in [0.3, 0.4) is 0 Å². The minimum atomic E-state index is 0.349. The minimum absolute atomic E-state index is 0.349. The lowest BCUT2D eigenvalue weighted by Gasteiger charge is -2.30. The van der Waals surface area contributed by atoms with E-state index in [1.165, 1.54) is 0 Å². The van der Waals surface area contributed by atoms with Gasteiger partial charge in [-0.05, 0) is 13.0 Å². The van der Waals surface area contributed by atoms with Gasteiger partial charge >= 0.3 is 0 Å². The van der Waals surface area contributed by atoms with E-state index in [0.717, 1.165) is 37.5 Å². The summed E-state index contributed by atoms with van der Waals surface area (Å²) in [7, 11) is 0. The fraction of sp³-hybridized carbons (Fsp3) is 0.818. The number of likely N-dealkylation sites (N-methyl/N-ethyl adjacent to an activating group) is 1. The van der Waals surface area contributed by atoms with Crippen molar-refractivity contribution in [1.29, 1.82) is 0 Å². The van der Waals surface area contributed by atoms with Gasteiger partial charge in [0.2, 0.25) is 0 Å². The average Bonchev–Trinajstić information content (AvgIpc) is 2.25. The zero-order valence-electron chi connectivity index (χ0n) is 8.79. The van der Waals surface area contributed by atoms with Crippen LogP contribution in [0.2, 0.25) is 0 Å². The molecule has 0 aliphatic carbocycles. The normalized spacial score (nSPS) is 24.1. The van der Waals surface area contributed by atoms with Crippen LogP contribution >= 0.6 is 11.8 Å². The van der Waals surface area contributed by atoms with E-state index < -0.39 is 0 Å². The number of hydrogen-bond donors (Lipinski definition) is 1. The van der Waals surface area contributed by atoms with Gasteiger partial charge in [0, 0.05) is 24.0 Å². The Morgan fingerprint density at radius 2 is 2.57 bits per heavy atom. The number of thioether (sulfide) groups is 1. The molecule has 0 amide bonds. The highest BCUT2D eigenvalue weighted by Gasteiger charge is 2.23. The topological polar surface area (TPSA) is 21.3 Å². The SMILES string of the molecule is C#CCCC(NCC)C1CSCCO1. The molecule has 0 radical (unpaired) electrons. The summed E-state index contributed by atoms with van der Waals surface area (Å²) in [6, 6.07) is 0.434. The second kappa shape index (κ2) is 7.17. The van der Waals surface area contributed by atoms with Crippen LogP contribution in [0.5, 0.6) is 0 Å². The fourth-order valence-electron chi connectivity index (χ4n) is 1.66. The molecule has 2 nitrogen and oxygen atoms in total. The Hall–Kier alpha value is -0.170. The van der Waals surface area contributed by atoms with Crippen LogP contribution in [0, 0.1) is 12.3 Å². The van der Waals surface area contributed by atoms with Crippen molar-refractivity contribution in [2.75, 3.05) is 24.7 Å². The van der Waals surface area contributed by atoms with Gasteiger partial charge in [0.15, 0.2) is 0 Å². The summed E-state index contributed by atoms with van der Waals surface area (Å²) in [5, 5.41) is 3.45. The predicted molar refractivity (Wildman–Crippen MR) is 62.6 cm³/mol. The van der Waals surface area contributed by atoms with Gasteiger partial charge in [0.1, 0.15) is 0 Å². The van der Waals surface area contributed by atoms with Crippen molar-refractivity contribution in [1.82, 2.24) is 5.32 Å².